The Hall–Kier alpha value is -1.59. The maximum absolute atomic E-state index is 12.7. The molecule has 1 atom stereocenters. The molecule has 1 spiro atoms. The summed E-state index contributed by atoms with van der Waals surface area (Å²) in [5.41, 5.74) is 1.09. The first-order valence-electron chi connectivity index (χ1n) is 8.53. The number of rotatable bonds is 4. The molecule has 0 radical (unpaired) electrons. The van der Waals surface area contributed by atoms with Crippen molar-refractivity contribution < 1.29 is 9.59 Å². The molecule has 2 aliphatic rings. The van der Waals surface area contributed by atoms with E-state index in [2.05, 4.69) is 16.0 Å². The van der Waals surface area contributed by atoms with Gasteiger partial charge in [0.1, 0.15) is 0 Å². The Morgan fingerprint density at radius 1 is 1.29 bits per heavy atom. The molecule has 0 aromatic heterocycles. The van der Waals surface area contributed by atoms with E-state index in [1.807, 2.05) is 13.8 Å². The van der Waals surface area contributed by atoms with E-state index in [1.54, 1.807) is 18.2 Å². The summed E-state index contributed by atoms with van der Waals surface area (Å²) in [6, 6.07) is 4.99. The second kappa shape index (κ2) is 6.73. The molecule has 24 heavy (non-hydrogen) atoms. The molecule has 1 aromatic rings. The molecule has 1 aliphatic heterocycles. The molecule has 1 aromatic carbocycles. The van der Waals surface area contributed by atoms with E-state index in [4.69, 9.17) is 11.6 Å². The van der Waals surface area contributed by atoms with Crippen LogP contribution in [0.5, 0.6) is 0 Å². The summed E-state index contributed by atoms with van der Waals surface area (Å²) in [6.07, 6.45) is 3.03. The lowest BCUT2D eigenvalue weighted by atomic mass is 9.91. The van der Waals surface area contributed by atoms with E-state index in [0.29, 0.717) is 16.3 Å². The largest absolute Gasteiger partial charge is 0.350 e. The number of carbonyl (C=O) groups is 2. The number of amides is 2. The fourth-order valence-electron chi connectivity index (χ4n) is 3.57. The first-order chi connectivity index (χ1) is 11.4. The molecule has 6 heteroatoms. The summed E-state index contributed by atoms with van der Waals surface area (Å²) in [5.74, 6) is -0.165. The molecular formula is C18H24ClN3O2. The topological polar surface area (TPSA) is 70.2 Å². The second-order valence-corrected chi connectivity index (χ2v) is 7.61. The molecule has 1 aliphatic carbocycles. The molecule has 3 rings (SSSR count). The van der Waals surface area contributed by atoms with Gasteiger partial charge in [0.05, 0.1) is 11.3 Å². The highest BCUT2D eigenvalue weighted by atomic mass is 35.5. The van der Waals surface area contributed by atoms with Crippen molar-refractivity contribution in [1.82, 2.24) is 10.6 Å². The predicted octanol–water partition coefficient (Wildman–Crippen LogP) is 2.81. The van der Waals surface area contributed by atoms with Crippen molar-refractivity contribution in [2.75, 3.05) is 18.4 Å². The van der Waals surface area contributed by atoms with Crippen LogP contribution in [0, 0.1) is 11.3 Å². The summed E-state index contributed by atoms with van der Waals surface area (Å²) in [4.78, 5) is 25.0. The summed E-state index contributed by atoms with van der Waals surface area (Å²) >= 11 is 6.06. The lowest BCUT2D eigenvalue weighted by Crippen LogP contribution is -2.32. The lowest BCUT2D eigenvalue weighted by Gasteiger charge is -2.23. The minimum absolute atomic E-state index is 0.00207. The third-order valence-corrected chi connectivity index (χ3v) is 5.24. The Morgan fingerprint density at radius 3 is 2.67 bits per heavy atom. The van der Waals surface area contributed by atoms with E-state index < -0.39 is 0 Å². The Kier molecular flexibility index (Phi) is 4.83. The van der Waals surface area contributed by atoms with Crippen molar-refractivity contribution in [1.29, 1.82) is 0 Å². The first kappa shape index (κ1) is 17.2. The monoisotopic (exact) mass is 349 g/mol. The van der Waals surface area contributed by atoms with Gasteiger partial charge in [-0.2, -0.15) is 0 Å². The van der Waals surface area contributed by atoms with Gasteiger partial charge >= 0.3 is 0 Å². The molecule has 3 N–H and O–H groups in total. The smallest absolute Gasteiger partial charge is 0.253 e. The zero-order chi connectivity index (χ0) is 17.3. The lowest BCUT2D eigenvalue weighted by molar-refractivity contribution is -0.118. The highest BCUT2D eigenvalue weighted by Crippen LogP contribution is 2.58. The number of halogens is 1. The molecule has 1 heterocycles. The highest BCUT2D eigenvalue weighted by Gasteiger charge is 2.57. The number of anilines is 1. The van der Waals surface area contributed by atoms with E-state index in [9.17, 15) is 9.59 Å². The number of piperidine rings is 1. The molecular weight excluding hydrogens is 326 g/mol. The van der Waals surface area contributed by atoms with Crippen molar-refractivity contribution >= 4 is 29.1 Å². The fourth-order valence-corrected chi connectivity index (χ4v) is 3.75. The summed E-state index contributed by atoms with van der Waals surface area (Å²) in [6.45, 7) is 5.75. The third kappa shape index (κ3) is 3.57. The van der Waals surface area contributed by atoms with Crippen LogP contribution in [0.2, 0.25) is 5.02 Å². The van der Waals surface area contributed by atoms with Crippen molar-refractivity contribution in [2.45, 2.75) is 39.2 Å². The van der Waals surface area contributed by atoms with Gasteiger partial charge in [0.25, 0.3) is 5.91 Å². The standard InChI is InChI=1S/C18H24ClN3O2/c1-11(2)21-16(23)13-4-3-12(19)9-15(13)22-17(24)14-10-18(14)5-7-20-8-6-18/h3-4,9,11,14,20H,5-8,10H2,1-2H3,(H,21,23)(H,22,24). The normalized spacial score (nSPS) is 21.6. The quantitative estimate of drug-likeness (QED) is 0.782. The average molecular weight is 350 g/mol. The van der Waals surface area contributed by atoms with Crippen LogP contribution in [0.4, 0.5) is 5.69 Å². The molecule has 1 saturated heterocycles. The minimum atomic E-state index is -0.204. The maximum atomic E-state index is 12.7. The van der Waals surface area contributed by atoms with Gasteiger partial charge in [0.2, 0.25) is 5.91 Å². The van der Waals surface area contributed by atoms with Crippen LogP contribution in [0.25, 0.3) is 0 Å². The average Bonchev–Trinajstić information content (AvgIpc) is 3.20. The number of benzene rings is 1. The first-order valence-corrected chi connectivity index (χ1v) is 8.91. The van der Waals surface area contributed by atoms with Crippen LogP contribution in [0.15, 0.2) is 18.2 Å². The third-order valence-electron chi connectivity index (χ3n) is 5.01. The summed E-state index contributed by atoms with van der Waals surface area (Å²) < 4.78 is 0. The molecule has 2 fully saturated rings. The molecule has 1 unspecified atom stereocenters. The van der Waals surface area contributed by atoms with E-state index in [0.717, 1.165) is 32.4 Å². The van der Waals surface area contributed by atoms with Crippen LogP contribution in [-0.2, 0) is 4.79 Å². The summed E-state index contributed by atoms with van der Waals surface area (Å²) in [5, 5.41) is 9.62. The van der Waals surface area contributed by atoms with Crippen LogP contribution in [0.3, 0.4) is 0 Å². The van der Waals surface area contributed by atoms with Gasteiger partial charge in [-0.1, -0.05) is 11.6 Å². The SMILES string of the molecule is CC(C)NC(=O)c1ccc(Cl)cc1NC(=O)C1CC12CCNCC2. The number of carbonyl (C=O) groups excluding carboxylic acids is 2. The van der Waals surface area contributed by atoms with Crippen LogP contribution in [0.1, 0.15) is 43.5 Å². The van der Waals surface area contributed by atoms with Gasteiger partial charge in [0.15, 0.2) is 0 Å². The van der Waals surface area contributed by atoms with E-state index in [1.165, 1.54) is 0 Å². The molecule has 0 bridgehead atoms. The van der Waals surface area contributed by atoms with Gasteiger partial charge < -0.3 is 16.0 Å². The van der Waals surface area contributed by atoms with Crippen molar-refractivity contribution in [3.05, 3.63) is 28.8 Å². The highest BCUT2D eigenvalue weighted by molar-refractivity contribution is 6.31. The maximum Gasteiger partial charge on any atom is 0.253 e. The van der Waals surface area contributed by atoms with Crippen LogP contribution >= 0.6 is 11.6 Å². The Labute approximate surface area is 147 Å². The minimum Gasteiger partial charge on any atom is -0.350 e. The molecule has 2 amide bonds. The van der Waals surface area contributed by atoms with Crippen molar-refractivity contribution in [3.8, 4) is 0 Å². The van der Waals surface area contributed by atoms with E-state index in [-0.39, 0.29) is 29.2 Å². The van der Waals surface area contributed by atoms with Crippen molar-refractivity contribution in [2.24, 2.45) is 11.3 Å². The fraction of sp³-hybridized carbons (Fsp3) is 0.556. The number of nitrogens with one attached hydrogen (secondary N) is 3. The zero-order valence-electron chi connectivity index (χ0n) is 14.1. The van der Waals surface area contributed by atoms with Gasteiger partial charge in [-0.05, 0) is 69.8 Å². The summed E-state index contributed by atoms with van der Waals surface area (Å²) in [7, 11) is 0. The molecule has 1 saturated carbocycles. The van der Waals surface area contributed by atoms with Gasteiger partial charge in [-0.25, -0.2) is 0 Å². The van der Waals surface area contributed by atoms with Crippen LogP contribution in [-0.4, -0.2) is 30.9 Å². The molecule has 130 valence electrons. The van der Waals surface area contributed by atoms with Gasteiger partial charge in [-0.3, -0.25) is 9.59 Å². The Morgan fingerprint density at radius 2 is 2.00 bits per heavy atom. The Bertz CT molecular complexity index is 654. The predicted molar refractivity (Wildman–Crippen MR) is 95.3 cm³/mol. The number of hydrogen-bond acceptors (Lipinski definition) is 3. The van der Waals surface area contributed by atoms with Gasteiger partial charge in [-0.15, -0.1) is 0 Å². The second-order valence-electron chi connectivity index (χ2n) is 7.18. The van der Waals surface area contributed by atoms with Crippen LogP contribution < -0.4 is 16.0 Å². The van der Waals surface area contributed by atoms with E-state index >= 15 is 0 Å². The number of hydrogen-bond donors (Lipinski definition) is 3. The Balaban J connectivity index is 1.73. The molecule has 5 nitrogen and oxygen atoms in total. The van der Waals surface area contributed by atoms with Gasteiger partial charge in [0, 0.05) is 17.0 Å². The zero-order valence-corrected chi connectivity index (χ0v) is 14.9. The van der Waals surface area contributed by atoms with Crippen molar-refractivity contribution in [3.63, 3.8) is 0 Å².